The number of para-hydroxylation sites is 1. The largest absolute Gasteiger partial charge is 0.310 e. The summed E-state index contributed by atoms with van der Waals surface area (Å²) in [4.78, 5) is 2.53. The molecule has 11 rings (SSSR count). The Morgan fingerprint density at radius 3 is 1.81 bits per heavy atom. The molecule has 0 amide bonds. The fourth-order valence-corrected chi connectivity index (χ4v) is 11.1. The van der Waals surface area contributed by atoms with Crippen LogP contribution in [0.15, 0.2) is 182 Å². The molecule has 0 heterocycles. The number of nitrogens with zero attached hydrogens (tertiary/aromatic N) is 1. The first-order valence-electron chi connectivity index (χ1n) is 21.3. The zero-order chi connectivity index (χ0) is 40.1. The van der Waals surface area contributed by atoms with Gasteiger partial charge in [-0.15, -0.1) is 0 Å². The molecule has 1 heteroatoms. The predicted molar refractivity (Wildman–Crippen MR) is 248 cm³/mol. The average Bonchev–Trinajstić information content (AvgIpc) is 3.87. The molecule has 286 valence electrons. The second-order valence-corrected chi connectivity index (χ2v) is 18.5. The van der Waals surface area contributed by atoms with E-state index in [2.05, 4.69) is 222 Å². The lowest BCUT2D eigenvalue weighted by Crippen LogP contribution is -2.24. The van der Waals surface area contributed by atoms with E-state index < -0.39 is 0 Å². The summed E-state index contributed by atoms with van der Waals surface area (Å²) in [6, 6.07) is 68.9. The highest BCUT2D eigenvalue weighted by Crippen LogP contribution is 2.59. The molecule has 1 spiro atoms. The molecule has 3 aliphatic carbocycles. The van der Waals surface area contributed by atoms with Crippen molar-refractivity contribution in [2.24, 2.45) is 0 Å². The Hall–Kier alpha value is -6.44. The van der Waals surface area contributed by atoms with E-state index in [1.807, 2.05) is 0 Å². The summed E-state index contributed by atoms with van der Waals surface area (Å²) in [7, 11) is 0. The SMILES string of the molecule is CC(C)(C)c1ccc(-c2ccccc2N(c2cccc(-c3cccc4c3C(C)(C)c3ccccc3-4)c2)c2ccc3c(c2)C2(CCc4ccccc42)c2ccccc2-3)cc1. The maximum Gasteiger partial charge on any atom is 0.0540 e. The minimum absolute atomic E-state index is 0.0783. The topological polar surface area (TPSA) is 3.24 Å². The number of rotatable bonds is 5. The molecule has 1 nitrogen and oxygen atoms in total. The second-order valence-electron chi connectivity index (χ2n) is 18.5. The van der Waals surface area contributed by atoms with Crippen molar-refractivity contribution in [3.63, 3.8) is 0 Å². The predicted octanol–water partition coefficient (Wildman–Crippen LogP) is 15.4. The van der Waals surface area contributed by atoms with Crippen LogP contribution in [0.3, 0.4) is 0 Å². The van der Waals surface area contributed by atoms with Crippen molar-refractivity contribution < 1.29 is 0 Å². The van der Waals surface area contributed by atoms with Gasteiger partial charge in [0.1, 0.15) is 0 Å². The van der Waals surface area contributed by atoms with Gasteiger partial charge in [0, 0.05) is 27.8 Å². The van der Waals surface area contributed by atoms with Gasteiger partial charge in [-0.3, -0.25) is 0 Å². The summed E-state index contributed by atoms with van der Waals surface area (Å²) in [5.74, 6) is 0. The Morgan fingerprint density at radius 1 is 0.441 bits per heavy atom. The molecule has 0 saturated heterocycles. The van der Waals surface area contributed by atoms with E-state index in [4.69, 9.17) is 0 Å². The molecule has 0 N–H and O–H groups in total. The maximum absolute atomic E-state index is 2.53. The molecule has 0 fully saturated rings. The molecule has 0 saturated carbocycles. The van der Waals surface area contributed by atoms with Gasteiger partial charge in [-0.05, 0) is 126 Å². The van der Waals surface area contributed by atoms with Crippen molar-refractivity contribution in [1.82, 2.24) is 0 Å². The van der Waals surface area contributed by atoms with Gasteiger partial charge in [0.25, 0.3) is 0 Å². The molecule has 3 aliphatic rings. The molecule has 8 aromatic carbocycles. The summed E-state index contributed by atoms with van der Waals surface area (Å²) in [6.45, 7) is 11.6. The van der Waals surface area contributed by atoms with Crippen LogP contribution in [-0.4, -0.2) is 0 Å². The molecule has 1 unspecified atom stereocenters. The van der Waals surface area contributed by atoms with Crippen LogP contribution in [0.5, 0.6) is 0 Å². The fraction of sp³-hybridized carbons (Fsp3) is 0.172. The molecule has 0 radical (unpaired) electrons. The second kappa shape index (κ2) is 13.0. The molecule has 59 heavy (non-hydrogen) atoms. The highest BCUT2D eigenvalue weighted by molar-refractivity contribution is 5.94. The zero-order valence-electron chi connectivity index (χ0n) is 34.7. The summed E-state index contributed by atoms with van der Waals surface area (Å²) < 4.78 is 0. The molecule has 0 aromatic heterocycles. The van der Waals surface area contributed by atoms with Gasteiger partial charge in [0.15, 0.2) is 0 Å². The molecular formula is C58H49N. The Bertz CT molecular complexity index is 2960. The summed E-state index contributed by atoms with van der Waals surface area (Å²) in [5, 5.41) is 0. The van der Waals surface area contributed by atoms with E-state index in [1.165, 1.54) is 89.1 Å². The Labute approximate surface area is 349 Å². The van der Waals surface area contributed by atoms with Gasteiger partial charge < -0.3 is 4.90 Å². The van der Waals surface area contributed by atoms with Crippen molar-refractivity contribution in [2.75, 3.05) is 4.90 Å². The van der Waals surface area contributed by atoms with Gasteiger partial charge in [0.05, 0.1) is 5.69 Å². The van der Waals surface area contributed by atoms with Crippen LogP contribution in [0.4, 0.5) is 17.1 Å². The number of anilines is 3. The molecule has 1 atom stereocenters. The molecule has 8 aromatic rings. The minimum atomic E-state index is -0.181. The van der Waals surface area contributed by atoms with Crippen molar-refractivity contribution in [3.05, 3.63) is 221 Å². The molecular weight excluding hydrogens is 711 g/mol. The number of benzene rings is 8. The van der Waals surface area contributed by atoms with Crippen LogP contribution in [0.2, 0.25) is 0 Å². The van der Waals surface area contributed by atoms with Crippen molar-refractivity contribution in [3.8, 4) is 44.5 Å². The van der Waals surface area contributed by atoms with E-state index in [1.54, 1.807) is 0 Å². The highest BCUT2D eigenvalue weighted by Gasteiger charge is 2.48. The van der Waals surface area contributed by atoms with Crippen molar-refractivity contribution in [2.45, 2.75) is 63.7 Å². The lowest BCUT2D eigenvalue weighted by molar-refractivity contribution is 0.590. The van der Waals surface area contributed by atoms with Crippen LogP contribution in [0.1, 0.15) is 80.0 Å². The fourth-order valence-electron chi connectivity index (χ4n) is 11.1. The van der Waals surface area contributed by atoms with Gasteiger partial charge >= 0.3 is 0 Å². The number of hydrogen-bond donors (Lipinski definition) is 0. The monoisotopic (exact) mass is 759 g/mol. The third kappa shape index (κ3) is 5.30. The van der Waals surface area contributed by atoms with Crippen LogP contribution in [0, 0.1) is 0 Å². The molecule has 0 bridgehead atoms. The average molecular weight is 760 g/mol. The van der Waals surface area contributed by atoms with E-state index in [0.29, 0.717) is 0 Å². The lowest BCUT2D eigenvalue weighted by atomic mass is 9.73. The van der Waals surface area contributed by atoms with Crippen LogP contribution in [-0.2, 0) is 22.7 Å². The van der Waals surface area contributed by atoms with Gasteiger partial charge in [-0.25, -0.2) is 0 Å². The minimum Gasteiger partial charge on any atom is -0.310 e. The smallest absolute Gasteiger partial charge is 0.0540 e. The van der Waals surface area contributed by atoms with Gasteiger partial charge in [-0.1, -0.05) is 186 Å². The highest BCUT2D eigenvalue weighted by atomic mass is 15.1. The van der Waals surface area contributed by atoms with E-state index in [0.717, 1.165) is 24.2 Å². The number of hydrogen-bond acceptors (Lipinski definition) is 1. The van der Waals surface area contributed by atoms with Gasteiger partial charge in [0.2, 0.25) is 0 Å². The van der Waals surface area contributed by atoms with Crippen molar-refractivity contribution in [1.29, 1.82) is 0 Å². The van der Waals surface area contributed by atoms with E-state index in [-0.39, 0.29) is 16.2 Å². The Balaban J connectivity index is 1.13. The first-order chi connectivity index (χ1) is 28.6. The normalized spacial score (nSPS) is 16.6. The third-order valence-corrected chi connectivity index (χ3v) is 13.8. The van der Waals surface area contributed by atoms with Crippen molar-refractivity contribution >= 4 is 17.1 Å². The standard InChI is InChI=1S/C58H49N/c1-56(2,3)41-30-28-38(29-31-41)44-19-9-13-27-54(44)59(42-18-14-17-40(36-42)45-22-15-23-49-47-21-7-11-25-51(47)57(4,5)55(45)49)43-32-33-48-46-20-8-12-26-52(46)58(53(48)37-43)35-34-39-16-6-10-24-50(39)58/h6-33,36-37H,34-35H2,1-5H3. The van der Waals surface area contributed by atoms with E-state index in [9.17, 15) is 0 Å². The van der Waals surface area contributed by atoms with Crippen LogP contribution < -0.4 is 4.90 Å². The Morgan fingerprint density at radius 2 is 1.03 bits per heavy atom. The first kappa shape index (κ1) is 35.7. The molecule has 0 aliphatic heterocycles. The summed E-state index contributed by atoms with van der Waals surface area (Å²) in [6.07, 6.45) is 2.15. The van der Waals surface area contributed by atoms with Crippen LogP contribution >= 0.6 is 0 Å². The summed E-state index contributed by atoms with van der Waals surface area (Å²) >= 11 is 0. The maximum atomic E-state index is 2.53. The summed E-state index contributed by atoms with van der Waals surface area (Å²) in [5.41, 5.74) is 23.5. The first-order valence-corrected chi connectivity index (χ1v) is 21.3. The zero-order valence-corrected chi connectivity index (χ0v) is 34.7. The van der Waals surface area contributed by atoms with Crippen LogP contribution in [0.25, 0.3) is 44.5 Å². The lowest BCUT2D eigenvalue weighted by Gasteiger charge is -2.32. The van der Waals surface area contributed by atoms with E-state index >= 15 is 0 Å². The Kier molecular flexibility index (Phi) is 7.89. The quantitative estimate of drug-likeness (QED) is 0.169. The van der Waals surface area contributed by atoms with Gasteiger partial charge in [-0.2, -0.15) is 0 Å². The number of aryl methyl sites for hydroxylation is 1. The number of fused-ring (bicyclic) bond motifs is 10. The third-order valence-electron chi connectivity index (χ3n) is 13.8.